The number of hydrogen-bond acceptors (Lipinski definition) is 3. The molecular weight excluding hydrogens is 228 g/mol. The molecular formula is C14H18N2O2. The Morgan fingerprint density at radius 3 is 2.83 bits per heavy atom. The number of nitrogens with two attached hydrogens (primary N) is 1. The molecule has 2 N–H and O–H groups in total. The SMILES string of the molecule is C=CCN1C(=O)C(C)(C)Oc2cc(CN)ccc21. The minimum Gasteiger partial charge on any atom is -0.476 e. The summed E-state index contributed by atoms with van der Waals surface area (Å²) in [5.41, 5.74) is 6.52. The molecule has 0 saturated heterocycles. The number of benzene rings is 1. The van der Waals surface area contributed by atoms with Crippen LogP contribution < -0.4 is 15.4 Å². The highest BCUT2D eigenvalue weighted by atomic mass is 16.5. The number of ether oxygens (including phenoxy) is 1. The van der Waals surface area contributed by atoms with E-state index in [4.69, 9.17) is 10.5 Å². The molecule has 4 nitrogen and oxygen atoms in total. The minimum atomic E-state index is -0.858. The van der Waals surface area contributed by atoms with Gasteiger partial charge in [0.1, 0.15) is 5.75 Å². The highest BCUT2D eigenvalue weighted by Gasteiger charge is 2.40. The van der Waals surface area contributed by atoms with Gasteiger partial charge in [-0.15, -0.1) is 6.58 Å². The lowest BCUT2D eigenvalue weighted by atomic mass is 10.0. The standard InChI is InChI=1S/C14H18N2O2/c1-4-7-16-11-6-5-10(9-15)8-12(11)18-14(2,3)13(16)17/h4-6,8H,1,7,9,15H2,2-3H3. The first-order valence-electron chi connectivity index (χ1n) is 5.94. The van der Waals surface area contributed by atoms with Crippen LogP contribution in [0.5, 0.6) is 5.75 Å². The zero-order chi connectivity index (χ0) is 13.3. The van der Waals surface area contributed by atoms with Crippen LogP contribution in [0.25, 0.3) is 0 Å². The fourth-order valence-corrected chi connectivity index (χ4v) is 2.05. The van der Waals surface area contributed by atoms with Crippen LogP contribution in [-0.4, -0.2) is 18.1 Å². The van der Waals surface area contributed by atoms with Crippen molar-refractivity contribution >= 4 is 11.6 Å². The molecule has 0 radical (unpaired) electrons. The van der Waals surface area contributed by atoms with E-state index in [1.165, 1.54) is 0 Å². The van der Waals surface area contributed by atoms with E-state index in [9.17, 15) is 4.79 Å². The van der Waals surface area contributed by atoms with E-state index >= 15 is 0 Å². The van der Waals surface area contributed by atoms with Gasteiger partial charge in [0.05, 0.1) is 5.69 Å². The number of carbonyl (C=O) groups is 1. The molecule has 1 aliphatic heterocycles. The van der Waals surface area contributed by atoms with E-state index in [-0.39, 0.29) is 5.91 Å². The second-order valence-electron chi connectivity index (χ2n) is 4.82. The monoisotopic (exact) mass is 246 g/mol. The first kappa shape index (κ1) is 12.6. The number of nitrogens with zero attached hydrogens (tertiary/aromatic N) is 1. The lowest BCUT2D eigenvalue weighted by Crippen LogP contribution is -2.52. The van der Waals surface area contributed by atoms with Gasteiger partial charge in [-0.1, -0.05) is 12.1 Å². The Bertz CT molecular complexity index is 495. The van der Waals surface area contributed by atoms with Crippen LogP contribution >= 0.6 is 0 Å². The van der Waals surface area contributed by atoms with Gasteiger partial charge < -0.3 is 15.4 Å². The molecule has 1 aromatic rings. The predicted molar refractivity (Wildman–Crippen MR) is 71.6 cm³/mol. The molecule has 2 rings (SSSR count). The molecule has 1 amide bonds. The lowest BCUT2D eigenvalue weighted by Gasteiger charge is -2.38. The van der Waals surface area contributed by atoms with Gasteiger partial charge in [-0.2, -0.15) is 0 Å². The van der Waals surface area contributed by atoms with E-state index in [1.54, 1.807) is 24.8 Å². The Kier molecular flexibility index (Phi) is 3.13. The summed E-state index contributed by atoms with van der Waals surface area (Å²) in [6, 6.07) is 5.66. The molecule has 0 aliphatic carbocycles. The van der Waals surface area contributed by atoms with Crippen molar-refractivity contribution in [3.05, 3.63) is 36.4 Å². The van der Waals surface area contributed by atoms with Crippen LogP contribution in [0.15, 0.2) is 30.9 Å². The van der Waals surface area contributed by atoms with Gasteiger partial charge >= 0.3 is 0 Å². The third-order valence-corrected chi connectivity index (χ3v) is 2.99. The first-order chi connectivity index (χ1) is 8.49. The Labute approximate surface area is 107 Å². The summed E-state index contributed by atoms with van der Waals surface area (Å²) >= 11 is 0. The fourth-order valence-electron chi connectivity index (χ4n) is 2.05. The largest absolute Gasteiger partial charge is 0.476 e. The second-order valence-corrected chi connectivity index (χ2v) is 4.82. The number of anilines is 1. The van der Waals surface area contributed by atoms with Crippen LogP contribution in [0.4, 0.5) is 5.69 Å². The van der Waals surface area contributed by atoms with E-state index in [0.29, 0.717) is 18.8 Å². The van der Waals surface area contributed by atoms with Crippen molar-refractivity contribution in [2.75, 3.05) is 11.4 Å². The van der Waals surface area contributed by atoms with Crippen LogP contribution in [0.1, 0.15) is 19.4 Å². The van der Waals surface area contributed by atoms with Gasteiger partial charge in [0.25, 0.3) is 5.91 Å². The Morgan fingerprint density at radius 2 is 2.22 bits per heavy atom. The molecule has 0 aromatic heterocycles. The van der Waals surface area contributed by atoms with Crippen molar-refractivity contribution in [2.45, 2.75) is 26.0 Å². The number of amides is 1. The van der Waals surface area contributed by atoms with Crippen molar-refractivity contribution in [3.63, 3.8) is 0 Å². The van der Waals surface area contributed by atoms with Gasteiger partial charge in [-0.05, 0) is 31.5 Å². The van der Waals surface area contributed by atoms with Crippen molar-refractivity contribution < 1.29 is 9.53 Å². The van der Waals surface area contributed by atoms with Crippen LogP contribution in [0.2, 0.25) is 0 Å². The number of hydrogen-bond donors (Lipinski definition) is 1. The van der Waals surface area contributed by atoms with Gasteiger partial charge in [-0.3, -0.25) is 4.79 Å². The summed E-state index contributed by atoms with van der Waals surface area (Å²) < 4.78 is 5.77. The maximum Gasteiger partial charge on any atom is 0.270 e. The summed E-state index contributed by atoms with van der Waals surface area (Å²) in [4.78, 5) is 14.0. The Morgan fingerprint density at radius 1 is 1.50 bits per heavy atom. The third kappa shape index (κ3) is 1.99. The smallest absolute Gasteiger partial charge is 0.270 e. The van der Waals surface area contributed by atoms with Crippen LogP contribution in [-0.2, 0) is 11.3 Å². The molecule has 0 unspecified atom stereocenters. The molecule has 0 bridgehead atoms. The molecule has 1 aromatic carbocycles. The molecule has 0 atom stereocenters. The highest BCUT2D eigenvalue weighted by Crippen LogP contribution is 2.38. The summed E-state index contributed by atoms with van der Waals surface area (Å²) in [7, 11) is 0. The van der Waals surface area contributed by atoms with Crippen molar-refractivity contribution in [3.8, 4) is 5.75 Å². The Hall–Kier alpha value is -1.81. The summed E-state index contributed by atoms with van der Waals surface area (Å²) in [6.45, 7) is 8.15. The molecule has 0 saturated carbocycles. The van der Waals surface area contributed by atoms with E-state index in [2.05, 4.69) is 6.58 Å². The van der Waals surface area contributed by atoms with Crippen molar-refractivity contribution in [1.82, 2.24) is 0 Å². The van der Waals surface area contributed by atoms with Crippen LogP contribution in [0.3, 0.4) is 0 Å². The lowest BCUT2D eigenvalue weighted by molar-refractivity contribution is -0.132. The predicted octanol–water partition coefficient (Wildman–Crippen LogP) is 1.84. The third-order valence-electron chi connectivity index (χ3n) is 2.99. The number of rotatable bonds is 3. The highest BCUT2D eigenvalue weighted by molar-refractivity contribution is 6.02. The minimum absolute atomic E-state index is 0.0598. The first-order valence-corrected chi connectivity index (χ1v) is 5.94. The maximum absolute atomic E-state index is 12.3. The molecule has 0 fully saturated rings. The molecule has 1 heterocycles. The van der Waals surface area contributed by atoms with Gasteiger partial charge in [0.2, 0.25) is 0 Å². The quantitative estimate of drug-likeness (QED) is 0.828. The van der Waals surface area contributed by atoms with E-state index in [0.717, 1.165) is 11.3 Å². The summed E-state index contributed by atoms with van der Waals surface area (Å²) in [5, 5.41) is 0. The number of carbonyl (C=O) groups excluding carboxylic acids is 1. The maximum atomic E-state index is 12.3. The normalized spacial score (nSPS) is 17.1. The second kappa shape index (κ2) is 4.46. The number of fused-ring (bicyclic) bond motifs is 1. The van der Waals surface area contributed by atoms with Gasteiger partial charge in [-0.25, -0.2) is 0 Å². The van der Waals surface area contributed by atoms with Gasteiger partial charge in [0.15, 0.2) is 5.60 Å². The van der Waals surface area contributed by atoms with Crippen molar-refractivity contribution in [1.29, 1.82) is 0 Å². The molecule has 96 valence electrons. The Balaban J connectivity index is 2.51. The van der Waals surface area contributed by atoms with Crippen LogP contribution in [0, 0.1) is 0 Å². The van der Waals surface area contributed by atoms with Gasteiger partial charge in [0, 0.05) is 13.1 Å². The zero-order valence-electron chi connectivity index (χ0n) is 10.8. The topological polar surface area (TPSA) is 55.6 Å². The fraction of sp³-hybridized carbons (Fsp3) is 0.357. The summed E-state index contributed by atoms with van der Waals surface area (Å²) in [6.07, 6.45) is 1.71. The molecule has 4 heteroatoms. The molecule has 18 heavy (non-hydrogen) atoms. The summed E-state index contributed by atoms with van der Waals surface area (Å²) in [5.74, 6) is 0.639. The average molecular weight is 246 g/mol. The average Bonchev–Trinajstić information content (AvgIpc) is 2.34. The van der Waals surface area contributed by atoms with E-state index in [1.807, 2.05) is 18.2 Å². The zero-order valence-corrected chi connectivity index (χ0v) is 10.8. The molecule has 0 spiro atoms. The molecule has 1 aliphatic rings. The van der Waals surface area contributed by atoms with E-state index < -0.39 is 5.60 Å². The van der Waals surface area contributed by atoms with Crippen molar-refractivity contribution in [2.24, 2.45) is 5.73 Å².